The Hall–Kier alpha value is -1.88. The van der Waals surface area contributed by atoms with Crippen LogP contribution in [0.2, 0.25) is 0 Å². The maximum Gasteiger partial charge on any atom is 0.342 e. The van der Waals surface area contributed by atoms with Crippen molar-refractivity contribution in [1.29, 1.82) is 0 Å². The smallest absolute Gasteiger partial charge is 0.342 e. The molecule has 0 atom stereocenters. The fourth-order valence-corrected chi connectivity index (χ4v) is 1.48. The van der Waals surface area contributed by atoms with E-state index >= 15 is 0 Å². The SMILES string of the molecule is CC(C)C(=O)Oc1ccc(CO)cc1C(=O)OC(C)(C)C. The lowest BCUT2D eigenvalue weighted by Crippen LogP contribution is -2.25. The zero-order chi connectivity index (χ0) is 16.2. The van der Waals surface area contributed by atoms with E-state index in [1.165, 1.54) is 12.1 Å². The summed E-state index contributed by atoms with van der Waals surface area (Å²) in [5, 5.41) is 9.18. The lowest BCUT2D eigenvalue weighted by molar-refractivity contribution is -0.137. The second-order valence-corrected chi connectivity index (χ2v) is 6.07. The van der Waals surface area contributed by atoms with E-state index in [-0.39, 0.29) is 23.8 Å². The Morgan fingerprint density at radius 1 is 1.24 bits per heavy atom. The second kappa shape index (κ2) is 6.72. The van der Waals surface area contributed by atoms with Gasteiger partial charge in [-0.15, -0.1) is 0 Å². The van der Waals surface area contributed by atoms with Crippen LogP contribution in [0.1, 0.15) is 50.5 Å². The quantitative estimate of drug-likeness (QED) is 0.682. The van der Waals surface area contributed by atoms with Crippen molar-refractivity contribution >= 4 is 11.9 Å². The first kappa shape index (κ1) is 17.2. The zero-order valence-corrected chi connectivity index (χ0v) is 13.1. The first-order chi connectivity index (χ1) is 9.64. The van der Waals surface area contributed by atoms with Crippen LogP contribution in [0.4, 0.5) is 0 Å². The van der Waals surface area contributed by atoms with Gasteiger partial charge in [-0.2, -0.15) is 0 Å². The summed E-state index contributed by atoms with van der Waals surface area (Å²) < 4.78 is 10.5. The van der Waals surface area contributed by atoms with Gasteiger partial charge in [-0.25, -0.2) is 4.79 Å². The molecule has 0 fully saturated rings. The van der Waals surface area contributed by atoms with Crippen molar-refractivity contribution in [3.8, 4) is 5.75 Å². The van der Waals surface area contributed by atoms with E-state index in [0.717, 1.165) is 0 Å². The third-order valence-electron chi connectivity index (χ3n) is 2.53. The molecule has 0 aliphatic carbocycles. The minimum absolute atomic E-state index is 0.130. The van der Waals surface area contributed by atoms with Gasteiger partial charge in [0.05, 0.1) is 12.5 Å². The fraction of sp³-hybridized carbons (Fsp3) is 0.500. The van der Waals surface area contributed by atoms with Crippen LogP contribution in [0.15, 0.2) is 18.2 Å². The largest absolute Gasteiger partial charge is 0.456 e. The molecular formula is C16H22O5. The molecule has 0 amide bonds. The second-order valence-electron chi connectivity index (χ2n) is 6.07. The van der Waals surface area contributed by atoms with Crippen molar-refractivity contribution in [2.75, 3.05) is 0 Å². The predicted molar refractivity (Wildman–Crippen MR) is 78.0 cm³/mol. The Balaban J connectivity index is 3.13. The molecule has 116 valence electrons. The van der Waals surface area contributed by atoms with Crippen molar-refractivity contribution < 1.29 is 24.2 Å². The Kier molecular flexibility index (Phi) is 5.49. The van der Waals surface area contributed by atoms with E-state index in [1.807, 2.05) is 0 Å². The number of carbonyl (C=O) groups excluding carboxylic acids is 2. The maximum absolute atomic E-state index is 12.2. The van der Waals surface area contributed by atoms with Crippen molar-refractivity contribution in [2.45, 2.75) is 46.8 Å². The summed E-state index contributed by atoms with van der Waals surface area (Å²) in [5.74, 6) is -1.20. The monoisotopic (exact) mass is 294 g/mol. The summed E-state index contributed by atoms with van der Waals surface area (Å²) in [6, 6.07) is 4.55. The Bertz CT molecular complexity index is 526. The number of ether oxygens (including phenoxy) is 2. The van der Waals surface area contributed by atoms with Crippen LogP contribution in [-0.4, -0.2) is 22.6 Å². The topological polar surface area (TPSA) is 72.8 Å². The van der Waals surface area contributed by atoms with Crippen molar-refractivity contribution in [1.82, 2.24) is 0 Å². The number of benzene rings is 1. The van der Waals surface area contributed by atoms with E-state index < -0.39 is 17.5 Å². The molecule has 5 nitrogen and oxygen atoms in total. The number of rotatable bonds is 4. The summed E-state index contributed by atoms with van der Waals surface area (Å²) in [4.78, 5) is 23.9. The molecule has 1 aromatic carbocycles. The van der Waals surface area contributed by atoms with Gasteiger partial charge in [0.25, 0.3) is 0 Å². The third-order valence-corrected chi connectivity index (χ3v) is 2.53. The Morgan fingerprint density at radius 2 is 1.86 bits per heavy atom. The number of hydrogen-bond donors (Lipinski definition) is 1. The lowest BCUT2D eigenvalue weighted by atomic mass is 10.1. The van der Waals surface area contributed by atoms with Crippen LogP contribution in [0, 0.1) is 5.92 Å². The molecule has 0 heterocycles. The highest BCUT2D eigenvalue weighted by atomic mass is 16.6. The first-order valence-electron chi connectivity index (χ1n) is 6.83. The van der Waals surface area contributed by atoms with E-state index in [0.29, 0.717) is 5.56 Å². The van der Waals surface area contributed by atoms with Crippen molar-refractivity contribution in [3.05, 3.63) is 29.3 Å². The van der Waals surface area contributed by atoms with Gasteiger partial charge in [0, 0.05) is 0 Å². The lowest BCUT2D eigenvalue weighted by Gasteiger charge is -2.20. The van der Waals surface area contributed by atoms with Crippen molar-refractivity contribution in [3.63, 3.8) is 0 Å². The number of hydrogen-bond acceptors (Lipinski definition) is 5. The van der Waals surface area contributed by atoms with Crippen LogP contribution in [0.3, 0.4) is 0 Å². The number of carbonyl (C=O) groups is 2. The highest BCUT2D eigenvalue weighted by Gasteiger charge is 2.23. The van der Waals surface area contributed by atoms with Crippen LogP contribution < -0.4 is 4.74 Å². The average molecular weight is 294 g/mol. The van der Waals surface area contributed by atoms with Crippen LogP contribution in [-0.2, 0) is 16.1 Å². The van der Waals surface area contributed by atoms with Gasteiger partial charge < -0.3 is 14.6 Å². The molecule has 1 rings (SSSR count). The van der Waals surface area contributed by atoms with E-state index in [2.05, 4.69) is 0 Å². The zero-order valence-electron chi connectivity index (χ0n) is 13.1. The van der Waals surface area contributed by atoms with Gasteiger partial charge in [-0.1, -0.05) is 19.9 Å². The maximum atomic E-state index is 12.2. The van der Waals surface area contributed by atoms with Crippen LogP contribution >= 0.6 is 0 Å². The molecule has 0 unspecified atom stereocenters. The molecule has 5 heteroatoms. The minimum atomic E-state index is -0.661. The molecule has 0 aliphatic rings. The molecule has 0 saturated heterocycles. The average Bonchev–Trinajstić information content (AvgIpc) is 2.36. The highest BCUT2D eigenvalue weighted by molar-refractivity contribution is 5.94. The van der Waals surface area contributed by atoms with Gasteiger partial charge in [0.15, 0.2) is 0 Å². The first-order valence-corrected chi connectivity index (χ1v) is 6.83. The minimum Gasteiger partial charge on any atom is -0.456 e. The molecule has 0 radical (unpaired) electrons. The van der Waals surface area contributed by atoms with E-state index in [1.54, 1.807) is 40.7 Å². The number of aliphatic hydroxyl groups is 1. The summed E-state index contributed by atoms with van der Waals surface area (Å²) in [6.45, 7) is 8.45. The van der Waals surface area contributed by atoms with Crippen LogP contribution in [0.5, 0.6) is 5.75 Å². The molecular weight excluding hydrogens is 272 g/mol. The van der Waals surface area contributed by atoms with Crippen LogP contribution in [0.25, 0.3) is 0 Å². The molecule has 0 bridgehead atoms. The summed E-state index contributed by atoms with van der Waals surface area (Å²) in [7, 11) is 0. The standard InChI is InChI=1S/C16H22O5/c1-10(2)14(18)20-13-7-6-11(9-17)8-12(13)15(19)21-16(3,4)5/h6-8,10,17H,9H2,1-5H3. The molecule has 0 aliphatic heterocycles. The van der Waals surface area contributed by atoms with Gasteiger partial charge in [0.1, 0.15) is 16.9 Å². The summed E-state index contributed by atoms with van der Waals surface area (Å²) >= 11 is 0. The Morgan fingerprint density at radius 3 is 2.33 bits per heavy atom. The molecule has 1 N–H and O–H groups in total. The molecule has 1 aromatic rings. The Labute approximate surface area is 124 Å². The predicted octanol–water partition coefficient (Wildman–Crippen LogP) is 2.70. The number of aliphatic hydroxyl groups excluding tert-OH is 1. The third kappa shape index (κ3) is 5.19. The highest BCUT2D eigenvalue weighted by Crippen LogP contribution is 2.24. The summed E-state index contributed by atoms with van der Waals surface area (Å²) in [5.41, 5.74) is 0.0108. The fourth-order valence-electron chi connectivity index (χ4n) is 1.48. The van der Waals surface area contributed by atoms with Gasteiger partial charge >= 0.3 is 11.9 Å². The van der Waals surface area contributed by atoms with E-state index in [4.69, 9.17) is 9.47 Å². The van der Waals surface area contributed by atoms with Gasteiger partial charge in [-0.3, -0.25) is 4.79 Å². The normalized spacial score (nSPS) is 11.4. The molecule has 21 heavy (non-hydrogen) atoms. The van der Waals surface area contributed by atoms with Gasteiger partial charge in [0.2, 0.25) is 0 Å². The van der Waals surface area contributed by atoms with E-state index in [9.17, 15) is 14.7 Å². The molecule has 0 aromatic heterocycles. The van der Waals surface area contributed by atoms with Crippen molar-refractivity contribution in [2.24, 2.45) is 5.92 Å². The van der Waals surface area contributed by atoms with Gasteiger partial charge in [-0.05, 0) is 38.5 Å². The molecule has 0 saturated carbocycles. The molecule has 0 spiro atoms. The summed E-state index contributed by atoms with van der Waals surface area (Å²) in [6.07, 6.45) is 0. The number of esters is 2.